The summed E-state index contributed by atoms with van der Waals surface area (Å²) in [6.45, 7) is 2.05. The number of hydrogen-bond donors (Lipinski definition) is 1. The van der Waals surface area contributed by atoms with Crippen molar-refractivity contribution in [1.29, 1.82) is 0 Å². The smallest absolute Gasteiger partial charge is 0.338 e. The van der Waals surface area contributed by atoms with Crippen molar-refractivity contribution >= 4 is 17.6 Å². The maximum atomic E-state index is 13.1. The van der Waals surface area contributed by atoms with Gasteiger partial charge in [-0.15, -0.1) is 0 Å². The van der Waals surface area contributed by atoms with Crippen molar-refractivity contribution in [3.63, 3.8) is 0 Å². The number of benzene rings is 2. The van der Waals surface area contributed by atoms with Gasteiger partial charge in [-0.2, -0.15) is 0 Å². The number of amides is 1. The van der Waals surface area contributed by atoms with Crippen LogP contribution in [0, 0.1) is 5.82 Å². The molecule has 0 saturated heterocycles. The summed E-state index contributed by atoms with van der Waals surface area (Å²) in [5.41, 5.74) is 1.58. The van der Waals surface area contributed by atoms with Gasteiger partial charge in [0, 0.05) is 5.69 Å². The first-order valence-corrected chi connectivity index (χ1v) is 6.90. The van der Waals surface area contributed by atoms with E-state index in [1.165, 1.54) is 12.1 Å². The van der Waals surface area contributed by atoms with Crippen molar-refractivity contribution in [2.75, 3.05) is 11.9 Å². The Hall–Kier alpha value is -2.69. The van der Waals surface area contributed by atoms with Gasteiger partial charge in [0.15, 0.2) is 0 Å². The van der Waals surface area contributed by atoms with Gasteiger partial charge in [0.2, 0.25) is 5.91 Å². The highest BCUT2D eigenvalue weighted by Crippen LogP contribution is 2.12. The average Bonchev–Trinajstić information content (AvgIpc) is 2.48. The van der Waals surface area contributed by atoms with Crippen molar-refractivity contribution in [2.45, 2.75) is 13.3 Å². The van der Waals surface area contributed by atoms with Gasteiger partial charge in [0.05, 0.1) is 18.6 Å². The van der Waals surface area contributed by atoms with Gasteiger partial charge in [-0.05, 0) is 48.9 Å². The molecule has 114 valence electrons. The first-order chi connectivity index (χ1) is 10.6. The van der Waals surface area contributed by atoms with Crippen LogP contribution >= 0.6 is 0 Å². The van der Waals surface area contributed by atoms with Crippen LogP contribution in [0.1, 0.15) is 22.8 Å². The molecule has 0 fully saturated rings. The second-order valence-electron chi connectivity index (χ2n) is 4.65. The third kappa shape index (κ3) is 4.41. The molecule has 1 amide bonds. The molecule has 0 saturated carbocycles. The fourth-order valence-electron chi connectivity index (χ4n) is 1.94. The summed E-state index contributed by atoms with van der Waals surface area (Å²) >= 11 is 0. The molecule has 0 atom stereocenters. The molecular weight excluding hydrogens is 285 g/mol. The van der Waals surface area contributed by atoms with Crippen molar-refractivity contribution in [3.05, 3.63) is 65.5 Å². The topological polar surface area (TPSA) is 55.4 Å². The third-order valence-corrected chi connectivity index (χ3v) is 2.93. The molecule has 0 aliphatic heterocycles. The van der Waals surface area contributed by atoms with Gasteiger partial charge in [-0.25, -0.2) is 9.18 Å². The molecule has 22 heavy (non-hydrogen) atoms. The number of hydrogen-bond acceptors (Lipinski definition) is 3. The van der Waals surface area contributed by atoms with E-state index in [2.05, 4.69) is 5.32 Å². The normalized spacial score (nSPS) is 10.1. The van der Waals surface area contributed by atoms with Crippen LogP contribution in [-0.4, -0.2) is 18.5 Å². The van der Waals surface area contributed by atoms with Gasteiger partial charge in [0.1, 0.15) is 5.82 Å². The molecule has 0 unspecified atom stereocenters. The molecular formula is C17H16FNO3. The predicted octanol–water partition coefficient (Wildman–Crippen LogP) is 3.18. The Balaban J connectivity index is 1.95. The van der Waals surface area contributed by atoms with Gasteiger partial charge >= 0.3 is 5.97 Å². The van der Waals surface area contributed by atoms with E-state index in [1.54, 1.807) is 43.3 Å². The molecule has 1 N–H and O–H groups in total. The monoisotopic (exact) mass is 301 g/mol. The second kappa shape index (κ2) is 7.36. The fraction of sp³-hybridized carbons (Fsp3) is 0.176. The van der Waals surface area contributed by atoms with E-state index >= 15 is 0 Å². The van der Waals surface area contributed by atoms with E-state index in [9.17, 15) is 14.0 Å². The second-order valence-corrected chi connectivity index (χ2v) is 4.65. The number of halogens is 1. The Morgan fingerprint density at radius 3 is 2.50 bits per heavy atom. The summed E-state index contributed by atoms with van der Waals surface area (Å²) in [5.74, 6) is -1.03. The Bertz CT molecular complexity index is 668. The minimum Gasteiger partial charge on any atom is -0.462 e. The fourth-order valence-corrected chi connectivity index (χ4v) is 1.94. The lowest BCUT2D eigenvalue weighted by atomic mass is 10.1. The van der Waals surface area contributed by atoms with Gasteiger partial charge in [-0.3, -0.25) is 4.79 Å². The SMILES string of the molecule is CCOC(=O)c1ccc(NC(=O)Cc2cccc(F)c2)cc1. The van der Waals surface area contributed by atoms with E-state index in [-0.39, 0.29) is 18.1 Å². The molecule has 5 heteroatoms. The highest BCUT2D eigenvalue weighted by Gasteiger charge is 2.08. The number of carbonyl (C=O) groups is 2. The summed E-state index contributed by atoms with van der Waals surface area (Å²) in [5, 5.41) is 2.69. The van der Waals surface area contributed by atoms with Crippen LogP contribution in [0.4, 0.5) is 10.1 Å². The van der Waals surface area contributed by atoms with Crippen molar-refractivity contribution in [1.82, 2.24) is 0 Å². The van der Waals surface area contributed by atoms with E-state index in [4.69, 9.17) is 4.74 Å². The summed E-state index contributed by atoms with van der Waals surface area (Å²) in [6.07, 6.45) is 0.0807. The lowest BCUT2D eigenvalue weighted by Crippen LogP contribution is -2.14. The Morgan fingerprint density at radius 1 is 1.14 bits per heavy atom. The zero-order valence-corrected chi connectivity index (χ0v) is 12.1. The number of carbonyl (C=O) groups excluding carboxylic acids is 2. The van der Waals surface area contributed by atoms with E-state index in [1.807, 2.05) is 0 Å². The number of nitrogens with one attached hydrogen (secondary N) is 1. The van der Waals surface area contributed by atoms with Crippen LogP contribution in [0.2, 0.25) is 0 Å². The van der Waals surface area contributed by atoms with Gasteiger partial charge in [0.25, 0.3) is 0 Å². The molecule has 0 bridgehead atoms. The Morgan fingerprint density at radius 2 is 1.86 bits per heavy atom. The Kier molecular flexibility index (Phi) is 5.25. The summed E-state index contributed by atoms with van der Waals surface area (Å²) < 4.78 is 17.9. The maximum absolute atomic E-state index is 13.1. The number of esters is 1. The molecule has 0 aromatic heterocycles. The van der Waals surface area contributed by atoms with E-state index < -0.39 is 5.97 Å². The summed E-state index contributed by atoms with van der Waals surface area (Å²) in [4.78, 5) is 23.4. The highest BCUT2D eigenvalue weighted by atomic mass is 19.1. The van der Waals surface area contributed by atoms with Crippen molar-refractivity contribution < 1.29 is 18.7 Å². The maximum Gasteiger partial charge on any atom is 0.338 e. The molecule has 2 rings (SSSR count). The zero-order chi connectivity index (χ0) is 15.9. The van der Waals surface area contributed by atoms with Crippen LogP contribution in [-0.2, 0) is 16.0 Å². The van der Waals surface area contributed by atoms with Crippen LogP contribution in [0.5, 0.6) is 0 Å². The van der Waals surface area contributed by atoms with Crippen LogP contribution in [0.25, 0.3) is 0 Å². The van der Waals surface area contributed by atoms with Crippen LogP contribution in [0.15, 0.2) is 48.5 Å². The molecule has 2 aromatic carbocycles. The van der Waals surface area contributed by atoms with Crippen molar-refractivity contribution in [3.8, 4) is 0 Å². The number of ether oxygens (including phenoxy) is 1. The summed E-state index contributed by atoms with van der Waals surface area (Å²) in [7, 11) is 0. The molecule has 4 nitrogen and oxygen atoms in total. The van der Waals surface area contributed by atoms with Gasteiger partial charge < -0.3 is 10.1 Å². The quantitative estimate of drug-likeness (QED) is 0.863. The number of anilines is 1. The van der Waals surface area contributed by atoms with E-state index in [0.29, 0.717) is 23.4 Å². The standard InChI is InChI=1S/C17H16FNO3/c1-2-22-17(21)13-6-8-15(9-7-13)19-16(20)11-12-4-3-5-14(18)10-12/h3-10H,2,11H2,1H3,(H,19,20). The largest absolute Gasteiger partial charge is 0.462 e. The Labute approximate surface area is 127 Å². The van der Waals surface area contributed by atoms with Crippen LogP contribution < -0.4 is 5.32 Å². The molecule has 0 spiro atoms. The van der Waals surface area contributed by atoms with Gasteiger partial charge in [-0.1, -0.05) is 12.1 Å². The highest BCUT2D eigenvalue weighted by molar-refractivity contribution is 5.94. The number of rotatable bonds is 5. The predicted molar refractivity (Wildman–Crippen MR) is 81.1 cm³/mol. The first kappa shape index (κ1) is 15.7. The van der Waals surface area contributed by atoms with Crippen LogP contribution in [0.3, 0.4) is 0 Å². The third-order valence-electron chi connectivity index (χ3n) is 2.93. The molecule has 2 aromatic rings. The molecule has 0 heterocycles. The lowest BCUT2D eigenvalue weighted by Gasteiger charge is -2.07. The average molecular weight is 301 g/mol. The minimum atomic E-state index is -0.403. The molecule has 0 aliphatic rings. The molecule has 0 aliphatic carbocycles. The van der Waals surface area contributed by atoms with E-state index in [0.717, 1.165) is 0 Å². The minimum absolute atomic E-state index is 0.0807. The lowest BCUT2D eigenvalue weighted by molar-refractivity contribution is -0.115. The summed E-state index contributed by atoms with van der Waals surface area (Å²) in [6, 6.07) is 12.3. The zero-order valence-electron chi connectivity index (χ0n) is 12.1. The first-order valence-electron chi connectivity index (χ1n) is 6.90. The molecule has 0 radical (unpaired) electrons. The van der Waals surface area contributed by atoms with Crippen molar-refractivity contribution in [2.24, 2.45) is 0 Å².